The summed E-state index contributed by atoms with van der Waals surface area (Å²) < 4.78 is 0. The van der Waals surface area contributed by atoms with Gasteiger partial charge in [-0.1, -0.05) is 6.42 Å². The summed E-state index contributed by atoms with van der Waals surface area (Å²) >= 11 is 1.86. The Morgan fingerprint density at radius 3 is 2.58 bits per heavy atom. The van der Waals surface area contributed by atoms with Crippen LogP contribution in [0.1, 0.15) is 25.7 Å². The zero-order valence-corrected chi connectivity index (χ0v) is 8.11. The van der Waals surface area contributed by atoms with Crippen LogP contribution in [-0.2, 0) is 4.79 Å². The summed E-state index contributed by atoms with van der Waals surface area (Å²) in [5.41, 5.74) is 0. The molecule has 0 N–H and O–H groups in total. The molecule has 2 aliphatic rings. The lowest BCUT2D eigenvalue weighted by Crippen LogP contribution is -2.46. The maximum absolute atomic E-state index is 11.7. The Balaban J connectivity index is 1.84. The molecule has 0 aromatic rings. The van der Waals surface area contributed by atoms with Gasteiger partial charge in [-0.3, -0.25) is 4.79 Å². The van der Waals surface area contributed by atoms with E-state index in [4.69, 9.17) is 0 Å². The molecule has 1 atom stereocenters. The molecule has 2 aliphatic heterocycles. The molecule has 1 amide bonds. The van der Waals surface area contributed by atoms with Crippen LogP contribution in [0.4, 0.5) is 0 Å². The minimum atomic E-state index is 0.305. The van der Waals surface area contributed by atoms with Crippen LogP contribution in [0.3, 0.4) is 0 Å². The Morgan fingerprint density at radius 1 is 1.25 bits per heavy atom. The van der Waals surface area contributed by atoms with Crippen molar-refractivity contribution in [2.75, 3.05) is 18.8 Å². The van der Waals surface area contributed by atoms with Gasteiger partial charge in [0, 0.05) is 13.1 Å². The van der Waals surface area contributed by atoms with Gasteiger partial charge >= 0.3 is 0 Å². The van der Waals surface area contributed by atoms with Crippen molar-refractivity contribution in [2.45, 2.75) is 30.9 Å². The molecule has 12 heavy (non-hydrogen) atoms. The lowest BCUT2D eigenvalue weighted by molar-refractivity contribution is -0.134. The van der Waals surface area contributed by atoms with E-state index < -0.39 is 0 Å². The second-order valence-electron chi connectivity index (χ2n) is 3.53. The molecule has 0 aromatic carbocycles. The predicted molar refractivity (Wildman–Crippen MR) is 51.3 cm³/mol. The highest BCUT2D eigenvalue weighted by Crippen LogP contribution is 2.27. The van der Waals surface area contributed by atoms with Gasteiger partial charge in [0.15, 0.2) is 0 Å². The van der Waals surface area contributed by atoms with Crippen LogP contribution in [0.25, 0.3) is 0 Å². The number of amides is 1. The van der Waals surface area contributed by atoms with Crippen LogP contribution in [0.2, 0.25) is 0 Å². The van der Waals surface area contributed by atoms with Gasteiger partial charge in [0.2, 0.25) is 5.91 Å². The van der Waals surface area contributed by atoms with Gasteiger partial charge in [0.25, 0.3) is 0 Å². The average molecular weight is 185 g/mol. The summed E-state index contributed by atoms with van der Waals surface area (Å²) in [5.74, 6) is 1.59. The van der Waals surface area contributed by atoms with E-state index in [0.717, 1.165) is 19.5 Å². The third kappa shape index (κ3) is 1.60. The monoisotopic (exact) mass is 185 g/mol. The standard InChI is InChI=1S/C9H15NOS/c11-9(10-5-3-6-10)8-4-1-2-7-12-8/h8H,1-7H2. The molecule has 0 aliphatic carbocycles. The highest BCUT2D eigenvalue weighted by atomic mass is 32.2. The number of rotatable bonds is 1. The Morgan fingerprint density at radius 2 is 2.08 bits per heavy atom. The molecule has 1 unspecified atom stereocenters. The third-order valence-corrected chi connectivity index (χ3v) is 3.99. The van der Waals surface area contributed by atoms with Crippen molar-refractivity contribution in [1.82, 2.24) is 4.90 Å². The number of thioether (sulfide) groups is 1. The largest absolute Gasteiger partial charge is 0.342 e. The maximum Gasteiger partial charge on any atom is 0.235 e. The Hall–Kier alpha value is -0.180. The minimum Gasteiger partial charge on any atom is -0.342 e. The first-order valence-corrected chi connectivity index (χ1v) is 5.83. The molecule has 2 rings (SSSR count). The Bertz CT molecular complexity index is 173. The van der Waals surface area contributed by atoms with E-state index >= 15 is 0 Å². The SMILES string of the molecule is O=C(C1CCCCS1)N1CCC1. The molecule has 0 saturated carbocycles. The fraction of sp³-hybridized carbons (Fsp3) is 0.889. The highest BCUT2D eigenvalue weighted by Gasteiger charge is 2.29. The Kier molecular flexibility index (Phi) is 2.59. The van der Waals surface area contributed by atoms with E-state index in [1.54, 1.807) is 0 Å². The van der Waals surface area contributed by atoms with E-state index in [9.17, 15) is 4.79 Å². The Labute approximate surface area is 77.7 Å². The molecule has 3 heteroatoms. The molecule has 68 valence electrons. The number of carbonyl (C=O) groups is 1. The molecule has 2 nitrogen and oxygen atoms in total. The van der Waals surface area contributed by atoms with Crippen molar-refractivity contribution in [3.8, 4) is 0 Å². The summed E-state index contributed by atoms with van der Waals surface area (Å²) in [6, 6.07) is 0. The third-order valence-electron chi connectivity index (χ3n) is 2.62. The van der Waals surface area contributed by atoms with Crippen LogP contribution >= 0.6 is 11.8 Å². The van der Waals surface area contributed by atoms with Crippen LogP contribution in [0.15, 0.2) is 0 Å². The summed E-state index contributed by atoms with van der Waals surface area (Å²) in [5, 5.41) is 0.305. The number of likely N-dealkylation sites (tertiary alicyclic amines) is 1. The quantitative estimate of drug-likeness (QED) is 0.617. The van der Waals surface area contributed by atoms with E-state index in [2.05, 4.69) is 0 Å². The summed E-state index contributed by atoms with van der Waals surface area (Å²) in [6.45, 7) is 2.02. The second-order valence-corrected chi connectivity index (χ2v) is 4.84. The molecule has 2 heterocycles. The maximum atomic E-state index is 11.7. The highest BCUT2D eigenvalue weighted by molar-refractivity contribution is 8.00. The molecule has 0 bridgehead atoms. The summed E-state index contributed by atoms with van der Waals surface area (Å²) in [4.78, 5) is 13.7. The van der Waals surface area contributed by atoms with Crippen molar-refractivity contribution in [1.29, 1.82) is 0 Å². The zero-order valence-electron chi connectivity index (χ0n) is 7.29. The normalized spacial score (nSPS) is 29.7. The second kappa shape index (κ2) is 3.69. The van der Waals surface area contributed by atoms with Crippen LogP contribution in [0.5, 0.6) is 0 Å². The van der Waals surface area contributed by atoms with E-state index in [-0.39, 0.29) is 0 Å². The fourth-order valence-electron chi connectivity index (χ4n) is 1.68. The van der Waals surface area contributed by atoms with E-state index in [1.165, 1.54) is 25.0 Å². The van der Waals surface area contributed by atoms with Gasteiger partial charge in [-0.05, 0) is 25.0 Å². The molecule has 2 saturated heterocycles. The summed E-state index contributed by atoms with van der Waals surface area (Å²) in [7, 11) is 0. The smallest absolute Gasteiger partial charge is 0.235 e. The van der Waals surface area contributed by atoms with Gasteiger partial charge < -0.3 is 4.90 Å². The average Bonchev–Trinajstić information content (AvgIpc) is 2.03. The molecular weight excluding hydrogens is 170 g/mol. The van der Waals surface area contributed by atoms with Crippen LogP contribution < -0.4 is 0 Å². The first-order chi connectivity index (χ1) is 5.88. The molecular formula is C9H15NOS. The van der Waals surface area contributed by atoms with Gasteiger partial charge in [0.1, 0.15) is 0 Å². The first-order valence-electron chi connectivity index (χ1n) is 4.78. The number of nitrogens with zero attached hydrogens (tertiary/aromatic N) is 1. The van der Waals surface area contributed by atoms with Gasteiger partial charge in [-0.25, -0.2) is 0 Å². The van der Waals surface area contributed by atoms with E-state index in [0.29, 0.717) is 11.2 Å². The van der Waals surface area contributed by atoms with E-state index in [1.807, 2.05) is 16.7 Å². The van der Waals surface area contributed by atoms with Gasteiger partial charge in [-0.15, -0.1) is 11.8 Å². The topological polar surface area (TPSA) is 20.3 Å². The van der Waals surface area contributed by atoms with Crippen LogP contribution in [0, 0.1) is 0 Å². The van der Waals surface area contributed by atoms with Crippen molar-refractivity contribution in [2.24, 2.45) is 0 Å². The van der Waals surface area contributed by atoms with Crippen molar-refractivity contribution >= 4 is 17.7 Å². The van der Waals surface area contributed by atoms with Crippen molar-refractivity contribution in [3.05, 3.63) is 0 Å². The number of hydrogen-bond acceptors (Lipinski definition) is 2. The lowest BCUT2D eigenvalue weighted by Gasteiger charge is -2.34. The first kappa shape index (κ1) is 8.42. The fourth-order valence-corrected chi connectivity index (χ4v) is 2.96. The van der Waals surface area contributed by atoms with Crippen molar-refractivity contribution < 1.29 is 4.79 Å². The van der Waals surface area contributed by atoms with Gasteiger partial charge in [0.05, 0.1) is 5.25 Å². The molecule has 0 radical (unpaired) electrons. The summed E-state index contributed by atoms with van der Waals surface area (Å²) in [6.07, 6.45) is 4.87. The van der Waals surface area contributed by atoms with Gasteiger partial charge in [-0.2, -0.15) is 0 Å². The van der Waals surface area contributed by atoms with Crippen LogP contribution in [-0.4, -0.2) is 34.9 Å². The zero-order chi connectivity index (χ0) is 8.39. The lowest BCUT2D eigenvalue weighted by atomic mass is 10.1. The minimum absolute atomic E-state index is 0.305. The molecule has 2 fully saturated rings. The van der Waals surface area contributed by atoms with Crippen molar-refractivity contribution in [3.63, 3.8) is 0 Å². The molecule has 0 spiro atoms. The predicted octanol–water partition coefficient (Wildman–Crippen LogP) is 1.50. The molecule has 0 aromatic heterocycles. The number of carbonyl (C=O) groups excluding carboxylic acids is 1. The number of hydrogen-bond donors (Lipinski definition) is 0.